The maximum atomic E-state index is 12.3. The smallest absolute Gasteiger partial charge is 0.254 e. The zero-order valence-corrected chi connectivity index (χ0v) is 14.1. The van der Waals surface area contributed by atoms with Crippen LogP contribution in [0.5, 0.6) is 0 Å². The average molecular weight is 339 g/mol. The number of nitrogens with one attached hydrogen (secondary N) is 1. The molecule has 3 nitrogen and oxygen atoms in total. The number of pyridine rings is 1. The van der Waals surface area contributed by atoms with Gasteiger partial charge in [0, 0.05) is 35.1 Å². The molecule has 1 heterocycles. The van der Waals surface area contributed by atoms with E-state index in [4.69, 9.17) is 23.2 Å². The van der Waals surface area contributed by atoms with E-state index >= 15 is 0 Å². The van der Waals surface area contributed by atoms with Crippen molar-refractivity contribution in [1.29, 1.82) is 0 Å². The number of benzene rings is 1. The molecule has 1 N–H and O–H groups in total. The Morgan fingerprint density at radius 1 is 1.23 bits per heavy atom. The molecule has 0 spiro atoms. The van der Waals surface area contributed by atoms with E-state index in [2.05, 4.69) is 12.2 Å². The van der Waals surface area contributed by atoms with E-state index in [1.54, 1.807) is 18.3 Å². The highest BCUT2D eigenvalue weighted by atomic mass is 35.5. The Morgan fingerprint density at radius 2 is 2.00 bits per heavy atom. The van der Waals surface area contributed by atoms with Crippen LogP contribution in [0.3, 0.4) is 0 Å². The molecule has 0 saturated heterocycles. The second-order valence-electron chi connectivity index (χ2n) is 5.15. The Morgan fingerprint density at radius 3 is 2.68 bits per heavy atom. The molecular formula is C17H20Cl2N2O. The standard InChI is InChI=1S/C17H20Cl2N2O/c1-2-3-6-10-20-13-9-11-21(16(22)12-13)17(19)14-7-4-5-8-15(14)18/h4-5,7-9,11-12,17,20H,2-3,6,10H2,1H3. The fourth-order valence-corrected chi connectivity index (χ4v) is 2.86. The van der Waals surface area contributed by atoms with Gasteiger partial charge in [-0.1, -0.05) is 61.2 Å². The maximum Gasteiger partial charge on any atom is 0.254 e. The topological polar surface area (TPSA) is 34.0 Å². The van der Waals surface area contributed by atoms with Gasteiger partial charge in [0.15, 0.2) is 0 Å². The highest BCUT2D eigenvalue weighted by Gasteiger charge is 2.14. The zero-order valence-electron chi connectivity index (χ0n) is 12.6. The maximum absolute atomic E-state index is 12.3. The summed E-state index contributed by atoms with van der Waals surface area (Å²) < 4.78 is 1.47. The Balaban J connectivity index is 2.13. The fraction of sp³-hybridized carbons (Fsp3) is 0.353. The second-order valence-corrected chi connectivity index (χ2v) is 5.97. The molecule has 5 heteroatoms. The summed E-state index contributed by atoms with van der Waals surface area (Å²) in [6, 6.07) is 10.7. The van der Waals surface area contributed by atoms with Crippen LogP contribution in [0.1, 0.15) is 37.3 Å². The Hall–Kier alpha value is -1.45. The molecule has 0 aliphatic heterocycles. The number of nitrogens with zero attached hydrogens (tertiary/aromatic N) is 1. The number of hydrogen-bond acceptors (Lipinski definition) is 2. The summed E-state index contributed by atoms with van der Waals surface area (Å²) in [5.41, 5.74) is 0.771. The number of anilines is 1. The Bertz CT molecular complexity index is 670. The molecule has 0 fully saturated rings. The third-order valence-electron chi connectivity index (χ3n) is 3.46. The summed E-state index contributed by atoms with van der Waals surface area (Å²) in [5.74, 6) is 0. The number of alkyl halides is 1. The van der Waals surface area contributed by atoms with E-state index in [0.29, 0.717) is 5.02 Å². The molecule has 0 saturated carbocycles. The lowest BCUT2D eigenvalue weighted by molar-refractivity contribution is 0.726. The lowest BCUT2D eigenvalue weighted by atomic mass is 10.2. The van der Waals surface area contributed by atoms with E-state index < -0.39 is 5.50 Å². The van der Waals surface area contributed by atoms with E-state index in [1.165, 1.54) is 17.4 Å². The van der Waals surface area contributed by atoms with Gasteiger partial charge in [0.2, 0.25) is 0 Å². The van der Waals surface area contributed by atoms with Crippen LogP contribution in [-0.2, 0) is 0 Å². The minimum absolute atomic E-state index is 0.152. The molecule has 0 aliphatic carbocycles. The summed E-state index contributed by atoms with van der Waals surface area (Å²) in [6.45, 7) is 3.03. The van der Waals surface area contributed by atoms with Crippen LogP contribution < -0.4 is 10.9 Å². The third kappa shape index (κ3) is 4.28. The van der Waals surface area contributed by atoms with E-state index in [9.17, 15) is 4.79 Å². The van der Waals surface area contributed by atoms with Gasteiger partial charge in [0.25, 0.3) is 5.56 Å². The van der Waals surface area contributed by atoms with E-state index in [1.807, 2.05) is 24.3 Å². The molecule has 1 unspecified atom stereocenters. The summed E-state index contributed by atoms with van der Waals surface area (Å²) in [4.78, 5) is 12.3. The van der Waals surface area contributed by atoms with Crippen molar-refractivity contribution in [1.82, 2.24) is 4.57 Å². The predicted octanol–water partition coefficient (Wildman–Crippen LogP) is 4.89. The summed E-state index contributed by atoms with van der Waals surface area (Å²) in [6.07, 6.45) is 5.15. The molecule has 0 bridgehead atoms. The molecular weight excluding hydrogens is 319 g/mol. The third-order valence-corrected chi connectivity index (χ3v) is 4.25. The summed E-state index contributed by atoms with van der Waals surface area (Å²) >= 11 is 12.5. The molecule has 118 valence electrons. The van der Waals surface area contributed by atoms with Gasteiger partial charge < -0.3 is 5.32 Å². The van der Waals surface area contributed by atoms with Gasteiger partial charge >= 0.3 is 0 Å². The lowest BCUT2D eigenvalue weighted by Gasteiger charge is -2.15. The number of unbranched alkanes of at least 4 members (excludes halogenated alkanes) is 2. The molecule has 0 aliphatic rings. The number of halogens is 2. The molecule has 1 aromatic heterocycles. The first-order valence-electron chi connectivity index (χ1n) is 7.48. The number of aromatic nitrogens is 1. The van der Waals surface area contributed by atoms with Crippen LogP contribution in [0.15, 0.2) is 47.4 Å². The fourth-order valence-electron chi connectivity index (χ4n) is 2.21. The summed E-state index contributed by atoms with van der Waals surface area (Å²) in [5, 5.41) is 3.81. The first-order valence-corrected chi connectivity index (χ1v) is 8.29. The first-order chi connectivity index (χ1) is 10.6. The molecule has 0 radical (unpaired) electrons. The van der Waals surface area contributed by atoms with Crippen LogP contribution in [0.4, 0.5) is 5.69 Å². The molecule has 2 aromatic rings. The van der Waals surface area contributed by atoms with Crippen LogP contribution in [0.2, 0.25) is 5.02 Å². The minimum Gasteiger partial charge on any atom is -0.385 e. The SMILES string of the molecule is CCCCCNc1ccn(C(Cl)c2ccccc2Cl)c(=O)c1. The number of rotatable bonds is 7. The molecule has 0 amide bonds. The molecule has 1 atom stereocenters. The van der Waals surface area contributed by atoms with E-state index in [0.717, 1.165) is 24.2 Å². The van der Waals surface area contributed by atoms with Crippen molar-refractivity contribution in [2.75, 3.05) is 11.9 Å². The minimum atomic E-state index is -0.615. The Kier molecular flexibility index (Phi) is 6.34. The van der Waals surface area contributed by atoms with Crippen molar-refractivity contribution in [2.24, 2.45) is 0 Å². The van der Waals surface area contributed by atoms with Crippen LogP contribution in [-0.4, -0.2) is 11.1 Å². The quantitative estimate of drug-likeness (QED) is 0.576. The normalized spacial score (nSPS) is 12.1. The van der Waals surface area contributed by atoms with Crippen molar-refractivity contribution in [2.45, 2.75) is 31.7 Å². The highest BCUT2D eigenvalue weighted by Crippen LogP contribution is 2.28. The van der Waals surface area contributed by atoms with Gasteiger partial charge in [-0.15, -0.1) is 0 Å². The predicted molar refractivity (Wildman–Crippen MR) is 94.2 cm³/mol. The van der Waals surface area contributed by atoms with Crippen molar-refractivity contribution in [3.63, 3.8) is 0 Å². The monoisotopic (exact) mass is 338 g/mol. The first kappa shape index (κ1) is 16.9. The van der Waals surface area contributed by atoms with Crippen LogP contribution >= 0.6 is 23.2 Å². The summed E-state index contributed by atoms with van der Waals surface area (Å²) in [7, 11) is 0. The van der Waals surface area contributed by atoms with Crippen molar-refractivity contribution in [3.8, 4) is 0 Å². The van der Waals surface area contributed by atoms with Gasteiger partial charge in [-0.05, 0) is 18.6 Å². The Labute approximate surface area is 140 Å². The van der Waals surface area contributed by atoms with Crippen LogP contribution in [0, 0.1) is 0 Å². The zero-order chi connectivity index (χ0) is 15.9. The van der Waals surface area contributed by atoms with Crippen molar-refractivity contribution < 1.29 is 0 Å². The van der Waals surface area contributed by atoms with Gasteiger partial charge in [-0.25, -0.2) is 0 Å². The largest absolute Gasteiger partial charge is 0.385 e. The van der Waals surface area contributed by atoms with E-state index in [-0.39, 0.29) is 5.56 Å². The van der Waals surface area contributed by atoms with Crippen LogP contribution in [0.25, 0.3) is 0 Å². The highest BCUT2D eigenvalue weighted by molar-refractivity contribution is 6.32. The van der Waals surface area contributed by atoms with Crippen molar-refractivity contribution in [3.05, 3.63) is 63.5 Å². The van der Waals surface area contributed by atoms with Gasteiger partial charge in [0.1, 0.15) is 5.50 Å². The second kappa shape index (κ2) is 8.25. The van der Waals surface area contributed by atoms with Gasteiger partial charge in [0.05, 0.1) is 0 Å². The molecule has 2 rings (SSSR count). The molecule has 22 heavy (non-hydrogen) atoms. The average Bonchev–Trinajstić information content (AvgIpc) is 2.51. The van der Waals surface area contributed by atoms with Crippen molar-refractivity contribution >= 4 is 28.9 Å². The van der Waals surface area contributed by atoms with Gasteiger partial charge in [-0.2, -0.15) is 0 Å². The number of hydrogen-bond donors (Lipinski definition) is 1. The molecule has 1 aromatic carbocycles. The lowest BCUT2D eigenvalue weighted by Crippen LogP contribution is -2.22. The van der Waals surface area contributed by atoms with Gasteiger partial charge in [-0.3, -0.25) is 9.36 Å².